The van der Waals surface area contributed by atoms with Gasteiger partial charge in [0.05, 0.1) is 17.1 Å². The van der Waals surface area contributed by atoms with Crippen molar-refractivity contribution >= 4 is 23.2 Å². The smallest absolute Gasteiger partial charge is 0.291 e. The van der Waals surface area contributed by atoms with Gasteiger partial charge in [0, 0.05) is 6.04 Å². The lowest BCUT2D eigenvalue weighted by molar-refractivity contribution is -0.120. The summed E-state index contributed by atoms with van der Waals surface area (Å²) in [5.74, 6) is -0.832. The van der Waals surface area contributed by atoms with Crippen molar-refractivity contribution in [2.45, 2.75) is 19.9 Å². The van der Waals surface area contributed by atoms with Crippen LogP contribution in [0.4, 0.5) is 4.39 Å². The van der Waals surface area contributed by atoms with Crippen molar-refractivity contribution in [1.29, 1.82) is 0 Å². The van der Waals surface area contributed by atoms with Crippen LogP contribution in [0.5, 0.6) is 0 Å². The Kier molecular flexibility index (Phi) is 5.60. The second-order valence-corrected chi connectivity index (χ2v) is 6.98. The first-order valence-corrected chi connectivity index (χ1v) is 9.16. The highest BCUT2D eigenvalue weighted by molar-refractivity contribution is 7.13. The maximum atomic E-state index is 13.2. The van der Waals surface area contributed by atoms with Crippen LogP contribution in [-0.2, 0) is 4.79 Å². The highest BCUT2D eigenvalue weighted by Crippen LogP contribution is 2.25. The van der Waals surface area contributed by atoms with Gasteiger partial charge in [0.1, 0.15) is 5.82 Å². The van der Waals surface area contributed by atoms with E-state index in [4.69, 9.17) is 0 Å². The third-order valence-corrected chi connectivity index (χ3v) is 4.35. The molecule has 3 rings (SSSR count). The third kappa shape index (κ3) is 4.56. The number of rotatable bonds is 6. The molecule has 0 aliphatic carbocycles. The molecule has 0 bridgehead atoms. The number of thiophene rings is 1. The average molecular weight is 387 g/mol. The summed E-state index contributed by atoms with van der Waals surface area (Å²) in [6, 6.07) is 9.43. The summed E-state index contributed by atoms with van der Waals surface area (Å²) in [4.78, 5) is 29.2. The van der Waals surface area contributed by atoms with Gasteiger partial charge in [-0.15, -0.1) is 16.4 Å². The number of carbonyl (C=O) groups excluding carboxylic acids is 2. The molecule has 0 saturated heterocycles. The van der Waals surface area contributed by atoms with Crippen LogP contribution >= 0.6 is 11.3 Å². The maximum Gasteiger partial charge on any atom is 0.291 e. The van der Waals surface area contributed by atoms with Gasteiger partial charge in [-0.3, -0.25) is 9.59 Å². The first kappa shape index (κ1) is 18.7. The molecule has 140 valence electrons. The molecule has 7 nitrogen and oxygen atoms in total. The van der Waals surface area contributed by atoms with Crippen LogP contribution in [-0.4, -0.2) is 39.2 Å². The van der Waals surface area contributed by atoms with Gasteiger partial charge in [-0.1, -0.05) is 6.07 Å². The standard InChI is InChI=1S/C18H18FN5O2S/c1-11(2)21-15(25)10-20-18(26)16-22-17(14-4-3-9-27-14)24(23-16)13-7-5-12(19)6-8-13/h3-9,11H,10H2,1-2H3,(H,20,26)(H,21,25). The molecule has 9 heteroatoms. The Hall–Kier alpha value is -3.07. The van der Waals surface area contributed by atoms with Crippen molar-refractivity contribution in [3.63, 3.8) is 0 Å². The number of nitrogens with one attached hydrogen (secondary N) is 2. The minimum absolute atomic E-state index is 0.0179. The predicted octanol–water partition coefficient (Wildman–Crippen LogP) is 2.39. The maximum absolute atomic E-state index is 13.2. The van der Waals surface area contributed by atoms with Gasteiger partial charge in [0.15, 0.2) is 5.82 Å². The van der Waals surface area contributed by atoms with Gasteiger partial charge in [0.2, 0.25) is 11.7 Å². The summed E-state index contributed by atoms with van der Waals surface area (Å²) in [7, 11) is 0. The number of hydrogen-bond acceptors (Lipinski definition) is 5. The Morgan fingerprint density at radius 1 is 1.22 bits per heavy atom. The molecule has 2 aromatic heterocycles. The molecule has 0 fully saturated rings. The van der Waals surface area contributed by atoms with Gasteiger partial charge in [-0.25, -0.2) is 14.1 Å². The Morgan fingerprint density at radius 2 is 1.96 bits per heavy atom. The molecule has 2 heterocycles. The van der Waals surface area contributed by atoms with Gasteiger partial charge in [-0.05, 0) is 49.6 Å². The Labute approximate surface area is 159 Å². The number of amides is 2. The molecule has 1 aromatic carbocycles. The van der Waals surface area contributed by atoms with E-state index in [1.807, 2.05) is 31.4 Å². The first-order valence-electron chi connectivity index (χ1n) is 8.28. The van der Waals surface area contributed by atoms with E-state index in [-0.39, 0.29) is 30.1 Å². The molecule has 3 aromatic rings. The van der Waals surface area contributed by atoms with Crippen LogP contribution in [0.25, 0.3) is 16.4 Å². The van der Waals surface area contributed by atoms with E-state index >= 15 is 0 Å². The van der Waals surface area contributed by atoms with E-state index in [1.165, 1.54) is 28.2 Å². The minimum atomic E-state index is -0.562. The number of hydrogen-bond donors (Lipinski definition) is 2. The molecule has 0 aliphatic rings. The van der Waals surface area contributed by atoms with E-state index in [0.29, 0.717) is 11.5 Å². The summed E-state index contributed by atoms with van der Waals surface area (Å²) in [5.41, 5.74) is 0.573. The number of halogens is 1. The Balaban J connectivity index is 1.86. The molecule has 2 amide bonds. The topological polar surface area (TPSA) is 88.9 Å². The fourth-order valence-electron chi connectivity index (χ4n) is 2.35. The van der Waals surface area contributed by atoms with Crippen LogP contribution in [0.3, 0.4) is 0 Å². The van der Waals surface area contributed by atoms with E-state index in [2.05, 4.69) is 20.7 Å². The van der Waals surface area contributed by atoms with Crippen molar-refractivity contribution in [3.05, 3.63) is 53.4 Å². The molecule has 0 radical (unpaired) electrons. The largest absolute Gasteiger partial charge is 0.352 e. The molecule has 0 atom stereocenters. The zero-order valence-corrected chi connectivity index (χ0v) is 15.6. The Morgan fingerprint density at radius 3 is 2.59 bits per heavy atom. The molecule has 2 N–H and O–H groups in total. The molecular formula is C18H18FN5O2S. The highest BCUT2D eigenvalue weighted by Gasteiger charge is 2.20. The third-order valence-electron chi connectivity index (χ3n) is 3.48. The second kappa shape index (κ2) is 8.09. The lowest BCUT2D eigenvalue weighted by Gasteiger charge is -2.08. The van der Waals surface area contributed by atoms with E-state index < -0.39 is 5.91 Å². The summed E-state index contributed by atoms with van der Waals surface area (Å²) < 4.78 is 14.7. The number of carbonyl (C=O) groups is 2. The number of aromatic nitrogens is 3. The Bertz CT molecular complexity index is 935. The lowest BCUT2D eigenvalue weighted by Crippen LogP contribution is -2.40. The van der Waals surface area contributed by atoms with Crippen LogP contribution in [0.2, 0.25) is 0 Å². The van der Waals surface area contributed by atoms with Crippen LogP contribution < -0.4 is 10.6 Å². The average Bonchev–Trinajstić information content (AvgIpc) is 3.29. The zero-order chi connectivity index (χ0) is 19.4. The van der Waals surface area contributed by atoms with Crippen molar-refractivity contribution in [2.24, 2.45) is 0 Å². The summed E-state index contributed by atoms with van der Waals surface area (Å²) in [6.07, 6.45) is 0. The van der Waals surface area contributed by atoms with E-state index in [9.17, 15) is 14.0 Å². The lowest BCUT2D eigenvalue weighted by atomic mass is 10.3. The van der Waals surface area contributed by atoms with Gasteiger partial charge >= 0.3 is 0 Å². The van der Waals surface area contributed by atoms with Crippen molar-refractivity contribution in [3.8, 4) is 16.4 Å². The zero-order valence-electron chi connectivity index (χ0n) is 14.8. The first-order chi connectivity index (χ1) is 12.9. The molecule has 0 spiro atoms. The van der Waals surface area contributed by atoms with Crippen molar-refractivity contribution in [1.82, 2.24) is 25.4 Å². The summed E-state index contributed by atoms with van der Waals surface area (Å²) in [6.45, 7) is 3.49. The quantitative estimate of drug-likeness (QED) is 0.680. The second-order valence-electron chi connectivity index (χ2n) is 6.03. The van der Waals surface area contributed by atoms with Gasteiger partial charge in [-0.2, -0.15) is 0 Å². The monoisotopic (exact) mass is 387 g/mol. The van der Waals surface area contributed by atoms with Crippen molar-refractivity contribution in [2.75, 3.05) is 6.54 Å². The van der Waals surface area contributed by atoms with Crippen LogP contribution in [0.15, 0.2) is 41.8 Å². The van der Waals surface area contributed by atoms with Crippen molar-refractivity contribution < 1.29 is 14.0 Å². The fraction of sp³-hybridized carbons (Fsp3) is 0.222. The van der Waals surface area contributed by atoms with Crippen LogP contribution in [0.1, 0.15) is 24.5 Å². The molecule has 27 heavy (non-hydrogen) atoms. The highest BCUT2D eigenvalue weighted by atomic mass is 32.1. The van der Waals surface area contributed by atoms with Gasteiger partial charge in [0.25, 0.3) is 5.91 Å². The normalized spacial score (nSPS) is 10.8. The molecule has 0 unspecified atom stereocenters. The van der Waals surface area contributed by atoms with Crippen LogP contribution in [0, 0.1) is 5.82 Å². The summed E-state index contributed by atoms with van der Waals surface area (Å²) in [5, 5.41) is 11.3. The van der Waals surface area contributed by atoms with E-state index in [1.54, 1.807) is 12.1 Å². The van der Waals surface area contributed by atoms with E-state index in [0.717, 1.165) is 4.88 Å². The fourth-order valence-corrected chi connectivity index (χ4v) is 3.05. The van der Waals surface area contributed by atoms with Gasteiger partial charge < -0.3 is 10.6 Å². The number of nitrogens with zero attached hydrogens (tertiary/aromatic N) is 3. The molecule has 0 saturated carbocycles. The predicted molar refractivity (Wildman–Crippen MR) is 100 cm³/mol. The number of benzene rings is 1. The summed E-state index contributed by atoms with van der Waals surface area (Å²) >= 11 is 1.44. The minimum Gasteiger partial charge on any atom is -0.352 e. The molecular weight excluding hydrogens is 369 g/mol. The SMILES string of the molecule is CC(C)NC(=O)CNC(=O)c1nc(-c2cccs2)n(-c2ccc(F)cc2)n1. The molecule has 0 aliphatic heterocycles.